The second-order valence-electron chi connectivity index (χ2n) is 4.51. The smallest absolute Gasteiger partial charge is 0.150 e. The molecule has 1 N–H and O–H groups in total. The Morgan fingerprint density at radius 1 is 1.53 bits per heavy atom. The quantitative estimate of drug-likeness (QED) is 0.469. The van der Waals surface area contributed by atoms with Crippen LogP contribution in [0.15, 0.2) is 11.5 Å². The van der Waals surface area contributed by atoms with Crippen LogP contribution in [0.2, 0.25) is 0 Å². The zero-order valence-electron chi connectivity index (χ0n) is 9.73. The van der Waals surface area contributed by atoms with Crippen molar-refractivity contribution in [3.05, 3.63) is 12.2 Å². The molecule has 0 spiro atoms. The monoisotopic (exact) mass is 210 g/mol. The van der Waals surface area contributed by atoms with Gasteiger partial charge in [0.25, 0.3) is 0 Å². The van der Waals surface area contributed by atoms with E-state index < -0.39 is 0 Å². The predicted octanol–water partition coefficient (Wildman–Crippen LogP) is 1.72. The van der Waals surface area contributed by atoms with Gasteiger partial charge in [-0.15, -0.1) is 0 Å². The van der Waals surface area contributed by atoms with Gasteiger partial charge in [0.1, 0.15) is 12.2 Å². The Hall–Kier alpha value is -1.39. The minimum Gasteiger partial charge on any atom is -0.411 e. The number of hydrogen-bond donors (Lipinski definition) is 1. The van der Waals surface area contributed by atoms with Crippen LogP contribution in [0.25, 0.3) is 0 Å². The summed E-state index contributed by atoms with van der Waals surface area (Å²) in [6.07, 6.45) is 2.48. The van der Waals surface area contributed by atoms with Crippen LogP contribution in [0.4, 0.5) is 0 Å². The molecule has 0 atom stereocenters. The first kappa shape index (κ1) is 11.7. The normalized spacial score (nSPS) is 13.2. The van der Waals surface area contributed by atoms with E-state index in [4.69, 9.17) is 5.21 Å². The van der Waals surface area contributed by atoms with Gasteiger partial charge in [0, 0.05) is 11.8 Å². The largest absolute Gasteiger partial charge is 0.411 e. The molecule has 0 bridgehead atoms. The number of rotatable bonds is 3. The minimum atomic E-state index is -0.160. The van der Waals surface area contributed by atoms with E-state index in [1.165, 1.54) is 0 Å². The van der Waals surface area contributed by atoms with Crippen molar-refractivity contribution in [3.8, 4) is 0 Å². The van der Waals surface area contributed by atoms with E-state index in [1.807, 2.05) is 27.7 Å². The molecule has 0 aromatic carbocycles. The average Bonchev–Trinajstić information content (AvgIpc) is 2.59. The summed E-state index contributed by atoms with van der Waals surface area (Å²) in [5.41, 5.74) is 0.530. The molecule has 0 aliphatic carbocycles. The van der Waals surface area contributed by atoms with Crippen LogP contribution in [0.5, 0.6) is 0 Å². The highest BCUT2D eigenvalue weighted by molar-refractivity contribution is 5.88. The molecule has 5 heteroatoms. The molecule has 0 saturated heterocycles. The van der Waals surface area contributed by atoms with Crippen molar-refractivity contribution < 1.29 is 5.21 Å². The molecule has 15 heavy (non-hydrogen) atoms. The Morgan fingerprint density at radius 2 is 2.20 bits per heavy atom. The van der Waals surface area contributed by atoms with E-state index in [0.717, 1.165) is 12.2 Å². The van der Waals surface area contributed by atoms with Gasteiger partial charge in [-0.05, 0) is 0 Å². The number of hydrogen-bond acceptors (Lipinski definition) is 4. The highest BCUT2D eigenvalue weighted by Gasteiger charge is 2.20. The van der Waals surface area contributed by atoms with Gasteiger partial charge in [-0.25, -0.2) is 9.67 Å². The molecular weight excluding hydrogens is 192 g/mol. The van der Waals surface area contributed by atoms with Gasteiger partial charge in [0.05, 0.1) is 12.3 Å². The molecular formula is C10H18N4O. The lowest BCUT2D eigenvalue weighted by molar-refractivity contribution is 0.307. The van der Waals surface area contributed by atoms with Crippen molar-refractivity contribution in [3.63, 3.8) is 0 Å². The number of nitrogens with zero attached hydrogens (tertiary/aromatic N) is 4. The lowest BCUT2D eigenvalue weighted by Crippen LogP contribution is -2.25. The van der Waals surface area contributed by atoms with Gasteiger partial charge in [-0.3, -0.25) is 0 Å². The summed E-state index contributed by atoms with van der Waals surface area (Å²) >= 11 is 0. The summed E-state index contributed by atoms with van der Waals surface area (Å²) in [4.78, 5) is 4.12. The number of aryl methyl sites for hydroxylation is 1. The minimum absolute atomic E-state index is 0.160. The second-order valence-corrected chi connectivity index (χ2v) is 4.51. The summed E-state index contributed by atoms with van der Waals surface area (Å²) < 4.78 is 1.69. The fraction of sp³-hybridized carbons (Fsp3) is 0.700. The molecule has 1 aromatic rings. The zero-order valence-corrected chi connectivity index (χ0v) is 9.73. The van der Waals surface area contributed by atoms with E-state index in [1.54, 1.807) is 11.0 Å². The van der Waals surface area contributed by atoms with Gasteiger partial charge in [0.15, 0.2) is 0 Å². The Morgan fingerprint density at radius 3 is 2.60 bits per heavy atom. The third-order valence-corrected chi connectivity index (χ3v) is 2.20. The van der Waals surface area contributed by atoms with Crippen molar-refractivity contribution in [1.82, 2.24) is 14.8 Å². The molecule has 0 saturated carbocycles. The Balaban J connectivity index is 2.76. The Labute approximate surface area is 89.8 Å². The van der Waals surface area contributed by atoms with Crippen LogP contribution < -0.4 is 0 Å². The Kier molecular flexibility index (Phi) is 3.44. The topological polar surface area (TPSA) is 63.3 Å². The molecule has 0 aliphatic rings. The van der Waals surface area contributed by atoms with E-state index >= 15 is 0 Å². The van der Waals surface area contributed by atoms with E-state index in [9.17, 15) is 0 Å². The van der Waals surface area contributed by atoms with Crippen LogP contribution in [-0.2, 0) is 13.0 Å². The molecule has 0 amide bonds. The molecule has 1 heterocycles. The highest BCUT2D eigenvalue weighted by Crippen LogP contribution is 2.16. The van der Waals surface area contributed by atoms with E-state index in [2.05, 4.69) is 15.2 Å². The summed E-state index contributed by atoms with van der Waals surface area (Å²) in [6.45, 7) is 8.48. The lowest BCUT2D eigenvalue weighted by Gasteiger charge is -2.19. The van der Waals surface area contributed by atoms with Crippen LogP contribution in [-0.4, -0.2) is 25.7 Å². The number of oxime groups is 1. The molecule has 5 nitrogen and oxygen atoms in total. The van der Waals surface area contributed by atoms with Gasteiger partial charge in [-0.2, -0.15) is 5.10 Å². The van der Waals surface area contributed by atoms with Crippen molar-refractivity contribution >= 4 is 5.71 Å². The maximum absolute atomic E-state index is 8.91. The van der Waals surface area contributed by atoms with Gasteiger partial charge in [0.2, 0.25) is 0 Å². The van der Waals surface area contributed by atoms with Gasteiger partial charge < -0.3 is 5.21 Å². The molecule has 0 fully saturated rings. The average molecular weight is 210 g/mol. The van der Waals surface area contributed by atoms with E-state index in [0.29, 0.717) is 12.3 Å². The van der Waals surface area contributed by atoms with Crippen molar-refractivity contribution in [1.29, 1.82) is 0 Å². The first-order valence-corrected chi connectivity index (χ1v) is 5.07. The van der Waals surface area contributed by atoms with Crippen LogP contribution >= 0.6 is 0 Å². The fourth-order valence-electron chi connectivity index (χ4n) is 1.14. The maximum atomic E-state index is 8.91. The summed E-state index contributed by atoms with van der Waals surface area (Å²) in [5.74, 6) is 0.807. The molecule has 0 radical (unpaired) electrons. The fourth-order valence-corrected chi connectivity index (χ4v) is 1.14. The van der Waals surface area contributed by atoms with Crippen molar-refractivity contribution in [2.45, 2.75) is 40.7 Å². The third-order valence-electron chi connectivity index (χ3n) is 2.20. The molecule has 1 aromatic heterocycles. The first-order chi connectivity index (χ1) is 6.97. The van der Waals surface area contributed by atoms with Crippen LogP contribution in [0, 0.1) is 5.41 Å². The molecule has 0 unspecified atom stereocenters. The van der Waals surface area contributed by atoms with Crippen molar-refractivity contribution in [2.24, 2.45) is 10.6 Å². The third kappa shape index (κ3) is 3.04. The Bertz CT molecular complexity index is 349. The zero-order chi connectivity index (χ0) is 11.5. The molecule has 1 rings (SSSR count). The number of aromatic nitrogens is 3. The summed E-state index contributed by atoms with van der Waals surface area (Å²) in [6, 6.07) is 0. The predicted molar refractivity (Wildman–Crippen MR) is 58.1 cm³/mol. The molecule has 0 aliphatic heterocycles. The highest BCUT2D eigenvalue weighted by atomic mass is 16.4. The molecule has 84 valence electrons. The van der Waals surface area contributed by atoms with Crippen LogP contribution in [0.3, 0.4) is 0 Å². The van der Waals surface area contributed by atoms with Gasteiger partial charge >= 0.3 is 0 Å². The second kappa shape index (κ2) is 4.42. The van der Waals surface area contributed by atoms with Crippen molar-refractivity contribution in [2.75, 3.05) is 0 Å². The van der Waals surface area contributed by atoms with Gasteiger partial charge in [-0.1, -0.05) is 32.9 Å². The first-order valence-electron chi connectivity index (χ1n) is 5.07. The van der Waals surface area contributed by atoms with E-state index in [-0.39, 0.29) is 5.41 Å². The summed E-state index contributed by atoms with van der Waals surface area (Å²) in [5, 5.41) is 16.5. The summed E-state index contributed by atoms with van der Waals surface area (Å²) in [7, 11) is 0. The maximum Gasteiger partial charge on any atom is 0.150 e. The lowest BCUT2D eigenvalue weighted by atomic mass is 9.90. The SMILES string of the molecule is CCc1ncn(C/C(=N/O)C(C)(C)C)n1. The standard InChI is InChI=1S/C10H18N4O/c1-5-9-11-7-14(12-9)6-8(13-15)10(2,3)4/h7,15H,5-6H2,1-4H3/b13-8-. The van der Waals surface area contributed by atoms with Crippen LogP contribution in [0.1, 0.15) is 33.5 Å².